The minimum Gasteiger partial charge on any atom is -0.303 e. The second-order valence-electron chi connectivity index (χ2n) is 4.17. The Labute approximate surface area is 76.6 Å². The Morgan fingerprint density at radius 2 is 1.75 bits per heavy atom. The Kier molecular flexibility index (Phi) is 7.12. The number of rotatable bonds is 7. The fourth-order valence-electron chi connectivity index (χ4n) is 1.37. The molecule has 1 nitrogen and oxygen atoms in total. The molecule has 0 radical (unpaired) electrons. The van der Waals surface area contributed by atoms with Gasteiger partial charge in [0.1, 0.15) is 6.29 Å². The van der Waals surface area contributed by atoms with Crippen LogP contribution in [0.15, 0.2) is 0 Å². The lowest BCUT2D eigenvalue weighted by Crippen LogP contribution is -1.96. The quantitative estimate of drug-likeness (QED) is 0.535. The lowest BCUT2D eigenvalue weighted by atomic mass is 9.96. The predicted octanol–water partition coefficient (Wildman–Crippen LogP) is 3.43. The van der Waals surface area contributed by atoms with Crippen LogP contribution in [0.2, 0.25) is 0 Å². The lowest BCUT2D eigenvalue weighted by molar-refractivity contribution is -0.108. The second-order valence-corrected chi connectivity index (χ2v) is 4.17. The highest BCUT2D eigenvalue weighted by molar-refractivity contribution is 5.49. The van der Waals surface area contributed by atoms with Crippen molar-refractivity contribution >= 4 is 6.29 Å². The summed E-state index contributed by atoms with van der Waals surface area (Å²) in [5, 5.41) is 0. The summed E-state index contributed by atoms with van der Waals surface area (Å²) in [4.78, 5) is 10.1. The molecule has 0 aromatic rings. The summed E-state index contributed by atoms with van der Waals surface area (Å²) in [5.41, 5.74) is 0. The lowest BCUT2D eigenvalue weighted by Gasteiger charge is -2.09. The van der Waals surface area contributed by atoms with E-state index in [9.17, 15) is 4.79 Å². The third-order valence-electron chi connectivity index (χ3n) is 2.26. The fourth-order valence-corrected chi connectivity index (χ4v) is 1.37. The number of aldehydes is 1. The summed E-state index contributed by atoms with van der Waals surface area (Å²) in [5.74, 6) is 1.55. The van der Waals surface area contributed by atoms with E-state index in [-0.39, 0.29) is 0 Å². The number of carbonyl (C=O) groups is 1. The van der Waals surface area contributed by atoms with E-state index in [1.807, 2.05) is 0 Å². The van der Waals surface area contributed by atoms with E-state index in [2.05, 4.69) is 20.8 Å². The van der Waals surface area contributed by atoms with Crippen molar-refractivity contribution in [1.29, 1.82) is 0 Å². The molecule has 0 aliphatic carbocycles. The third-order valence-corrected chi connectivity index (χ3v) is 2.26. The smallest absolute Gasteiger partial charge is 0.120 e. The van der Waals surface area contributed by atoms with E-state index in [4.69, 9.17) is 0 Å². The average Bonchev–Trinajstić information content (AvgIpc) is 2.00. The molecule has 0 rings (SSSR count). The summed E-state index contributed by atoms with van der Waals surface area (Å²) in [6.45, 7) is 6.76. The average molecular weight is 170 g/mol. The van der Waals surface area contributed by atoms with Gasteiger partial charge < -0.3 is 4.79 Å². The topological polar surface area (TPSA) is 17.1 Å². The van der Waals surface area contributed by atoms with Gasteiger partial charge in [0, 0.05) is 6.42 Å². The molecule has 0 saturated carbocycles. The summed E-state index contributed by atoms with van der Waals surface area (Å²) in [6.07, 6.45) is 6.76. The van der Waals surface area contributed by atoms with E-state index in [0.717, 1.165) is 31.0 Å². The summed E-state index contributed by atoms with van der Waals surface area (Å²) in [7, 11) is 0. The number of hydrogen-bond donors (Lipinski definition) is 0. The van der Waals surface area contributed by atoms with Crippen LogP contribution < -0.4 is 0 Å². The molecule has 0 spiro atoms. The molecule has 1 atom stereocenters. The zero-order valence-corrected chi connectivity index (χ0v) is 8.68. The van der Waals surface area contributed by atoms with Crippen LogP contribution in [-0.4, -0.2) is 6.29 Å². The molecular formula is C11H22O. The van der Waals surface area contributed by atoms with E-state index in [1.165, 1.54) is 19.3 Å². The largest absolute Gasteiger partial charge is 0.303 e. The minimum atomic E-state index is 0.731. The van der Waals surface area contributed by atoms with Crippen molar-refractivity contribution < 1.29 is 4.79 Å². The zero-order valence-electron chi connectivity index (χ0n) is 8.68. The van der Waals surface area contributed by atoms with Gasteiger partial charge in [-0.15, -0.1) is 0 Å². The van der Waals surface area contributed by atoms with Gasteiger partial charge in [0.25, 0.3) is 0 Å². The first-order chi connectivity index (χ1) is 5.66. The van der Waals surface area contributed by atoms with Gasteiger partial charge in [0.2, 0.25) is 0 Å². The molecule has 0 fully saturated rings. The predicted molar refractivity (Wildman–Crippen MR) is 53.2 cm³/mol. The zero-order chi connectivity index (χ0) is 9.40. The maximum Gasteiger partial charge on any atom is 0.120 e. The van der Waals surface area contributed by atoms with Crippen molar-refractivity contribution in [1.82, 2.24) is 0 Å². The first kappa shape index (κ1) is 11.7. The Morgan fingerprint density at radius 3 is 2.25 bits per heavy atom. The van der Waals surface area contributed by atoms with Crippen molar-refractivity contribution in [3.63, 3.8) is 0 Å². The number of hydrogen-bond acceptors (Lipinski definition) is 1. The van der Waals surface area contributed by atoms with Crippen molar-refractivity contribution in [2.75, 3.05) is 0 Å². The van der Waals surface area contributed by atoms with E-state index >= 15 is 0 Å². The van der Waals surface area contributed by atoms with Gasteiger partial charge in [-0.3, -0.25) is 0 Å². The molecule has 0 aromatic heterocycles. The molecule has 1 heteroatoms. The summed E-state index contributed by atoms with van der Waals surface area (Å²) >= 11 is 0. The van der Waals surface area contributed by atoms with Crippen molar-refractivity contribution in [2.24, 2.45) is 11.8 Å². The van der Waals surface area contributed by atoms with Crippen LogP contribution >= 0.6 is 0 Å². The van der Waals surface area contributed by atoms with Crippen LogP contribution in [0.3, 0.4) is 0 Å². The fraction of sp³-hybridized carbons (Fsp3) is 0.909. The van der Waals surface area contributed by atoms with Crippen LogP contribution in [0.5, 0.6) is 0 Å². The van der Waals surface area contributed by atoms with Crippen LogP contribution in [-0.2, 0) is 4.79 Å². The van der Waals surface area contributed by atoms with Crippen LogP contribution in [0.1, 0.15) is 52.9 Å². The van der Waals surface area contributed by atoms with Gasteiger partial charge in [-0.1, -0.05) is 40.0 Å². The Morgan fingerprint density at radius 1 is 1.08 bits per heavy atom. The molecule has 72 valence electrons. The molecule has 0 heterocycles. The Bertz CT molecular complexity index is 108. The second kappa shape index (κ2) is 7.33. The first-order valence-corrected chi connectivity index (χ1v) is 5.10. The highest BCUT2D eigenvalue weighted by Gasteiger charge is 2.01. The van der Waals surface area contributed by atoms with E-state index in [0.29, 0.717) is 0 Å². The molecule has 0 aromatic carbocycles. The van der Waals surface area contributed by atoms with Gasteiger partial charge >= 0.3 is 0 Å². The molecule has 0 aliphatic rings. The molecule has 12 heavy (non-hydrogen) atoms. The molecule has 0 N–H and O–H groups in total. The van der Waals surface area contributed by atoms with Crippen molar-refractivity contribution in [2.45, 2.75) is 52.9 Å². The summed E-state index contributed by atoms with van der Waals surface area (Å²) < 4.78 is 0. The van der Waals surface area contributed by atoms with Gasteiger partial charge in [0.05, 0.1) is 0 Å². The Balaban J connectivity index is 3.18. The monoisotopic (exact) mass is 170 g/mol. The maximum atomic E-state index is 10.1. The van der Waals surface area contributed by atoms with Gasteiger partial charge in [-0.25, -0.2) is 0 Å². The molecule has 0 bridgehead atoms. The van der Waals surface area contributed by atoms with E-state index in [1.54, 1.807) is 0 Å². The first-order valence-electron chi connectivity index (χ1n) is 5.10. The highest BCUT2D eigenvalue weighted by atomic mass is 16.1. The van der Waals surface area contributed by atoms with E-state index < -0.39 is 0 Å². The third kappa shape index (κ3) is 7.77. The molecule has 0 aliphatic heterocycles. The van der Waals surface area contributed by atoms with Crippen LogP contribution in [0.4, 0.5) is 0 Å². The molecule has 0 amide bonds. The van der Waals surface area contributed by atoms with Crippen LogP contribution in [0.25, 0.3) is 0 Å². The summed E-state index contributed by atoms with van der Waals surface area (Å²) in [6, 6.07) is 0. The van der Waals surface area contributed by atoms with Crippen molar-refractivity contribution in [3.05, 3.63) is 0 Å². The maximum absolute atomic E-state index is 10.1. The SMILES string of the molecule is CC(C)CCC[C@@H](C)CCC=O. The van der Waals surface area contributed by atoms with Crippen molar-refractivity contribution in [3.8, 4) is 0 Å². The highest BCUT2D eigenvalue weighted by Crippen LogP contribution is 2.15. The Hall–Kier alpha value is -0.330. The normalized spacial score (nSPS) is 13.3. The standard InChI is InChI=1S/C11H22O/c1-10(2)6-4-7-11(3)8-5-9-12/h9-11H,4-8H2,1-3H3/t11-/m1/s1. The molecular weight excluding hydrogens is 148 g/mol. The number of carbonyl (C=O) groups excluding carboxylic acids is 1. The molecule has 0 saturated heterocycles. The molecule has 0 unspecified atom stereocenters. The van der Waals surface area contributed by atoms with Gasteiger partial charge in [-0.2, -0.15) is 0 Å². The van der Waals surface area contributed by atoms with Gasteiger partial charge in [0.15, 0.2) is 0 Å². The van der Waals surface area contributed by atoms with Crippen LogP contribution in [0, 0.1) is 11.8 Å². The minimum absolute atomic E-state index is 0.731. The van der Waals surface area contributed by atoms with Gasteiger partial charge in [-0.05, 0) is 18.3 Å².